The molecule has 2 N–H and O–H groups in total. The van der Waals surface area contributed by atoms with Crippen molar-refractivity contribution in [3.8, 4) is 0 Å². The van der Waals surface area contributed by atoms with Crippen LogP contribution in [-0.2, 0) is 10.0 Å². The summed E-state index contributed by atoms with van der Waals surface area (Å²) < 4.78 is 25.0. The molecule has 16 heavy (non-hydrogen) atoms. The first kappa shape index (κ1) is 12.4. The van der Waals surface area contributed by atoms with Crippen LogP contribution in [0.15, 0.2) is 18.3 Å². The number of carbonyl (C=O) groups is 1. The van der Waals surface area contributed by atoms with E-state index >= 15 is 0 Å². The molecule has 0 aromatic carbocycles. The van der Waals surface area contributed by atoms with Crippen LogP contribution in [0.2, 0.25) is 0 Å². The van der Waals surface area contributed by atoms with Crippen LogP contribution < -0.4 is 4.72 Å². The van der Waals surface area contributed by atoms with Gasteiger partial charge in [0.05, 0.1) is 5.75 Å². The van der Waals surface area contributed by atoms with Crippen LogP contribution in [0.1, 0.15) is 23.7 Å². The topological polar surface area (TPSA) is 96.4 Å². The third kappa shape index (κ3) is 3.20. The molecule has 0 aliphatic heterocycles. The fourth-order valence-corrected chi connectivity index (χ4v) is 2.22. The lowest BCUT2D eigenvalue weighted by Gasteiger charge is -2.07. The average molecular weight is 244 g/mol. The van der Waals surface area contributed by atoms with Gasteiger partial charge in [0.1, 0.15) is 5.56 Å². The van der Waals surface area contributed by atoms with E-state index in [0.29, 0.717) is 6.42 Å². The number of sulfonamides is 1. The minimum absolute atomic E-state index is 0.0668. The molecule has 1 aromatic rings. The zero-order valence-electron chi connectivity index (χ0n) is 8.67. The number of aromatic nitrogens is 1. The van der Waals surface area contributed by atoms with Gasteiger partial charge < -0.3 is 5.11 Å². The summed E-state index contributed by atoms with van der Waals surface area (Å²) in [6, 6.07) is 2.72. The summed E-state index contributed by atoms with van der Waals surface area (Å²) in [7, 11) is -3.52. The molecule has 0 unspecified atom stereocenters. The van der Waals surface area contributed by atoms with Gasteiger partial charge in [-0.1, -0.05) is 6.92 Å². The summed E-state index contributed by atoms with van der Waals surface area (Å²) >= 11 is 0. The molecule has 1 heterocycles. The van der Waals surface area contributed by atoms with Crippen molar-refractivity contribution >= 4 is 21.8 Å². The van der Waals surface area contributed by atoms with Gasteiger partial charge in [0, 0.05) is 6.20 Å². The van der Waals surface area contributed by atoms with Crippen LogP contribution in [0.3, 0.4) is 0 Å². The van der Waals surface area contributed by atoms with Gasteiger partial charge in [-0.25, -0.2) is 18.2 Å². The molecule has 88 valence electrons. The van der Waals surface area contributed by atoms with Crippen LogP contribution in [-0.4, -0.2) is 30.2 Å². The van der Waals surface area contributed by atoms with Crippen LogP contribution >= 0.6 is 0 Å². The summed E-state index contributed by atoms with van der Waals surface area (Å²) in [6.45, 7) is 1.72. The monoisotopic (exact) mass is 244 g/mol. The average Bonchev–Trinajstić information content (AvgIpc) is 2.17. The Bertz CT molecular complexity index is 484. The molecule has 0 amide bonds. The predicted molar refractivity (Wildman–Crippen MR) is 58.9 cm³/mol. The minimum atomic E-state index is -3.52. The number of aromatic carboxylic acids is 1. The molecule has 6 nitrogen and oxygen atoms in total. The fraction of sp³-hybridized carbons (Fsp3) is 0.333. The Kier molecular flexibility index (Phi) is 3.83. The zero-order chi connectivity index (χ0) is 12.2. The normalized spacial score (nSPS) is 11.1. The second-order valence-electron chi connectivity index (χ2n) is 3.13. The van der Waals surface area contributed by atoms with Crippen molar-refractivity contribution in [2.75, 3.05) is 10.5 Å². The number of hydrogen-bond donors (Lipinski definition) is 2. The highest BCUT2D eigenvalue weighted by Crippen LogP contribution is 2.13. The second kappa shape index (κ2) is 4.93. The third-order valence-corrected chi connectivity index (χ3v) is 3.21. The van der Waals surface area contributed by atoms with Crippen molar-refractivity contribution in [1.82, 2.24) is 4.98 Å². The Hall–Kier alpha value is -1.63. The lowest BCUT2D eigenvalue weighted by Crippen LogP contribution is -2.19. The van der Waals surface area contributed by atoms with Gasteiger partial charge in [-0.3, -0.25) is 4.72 Å². The lowest BCUT2D eigenvalue weighted by molar-refractivity contribution is 0.0697. The number of carboxylic acids is 1. The summed E-state index contributed by atoms with van der Waals surface area (Å²) in [6.07, 6.45) is 1.78. The van der Waals surface area contributed by atoms with E-state index in [0.717, 1.165) is 0 Å². The van der Waals surface area contributed by atoms with E-state index in [4.69, 9.17) is 5.11 Å². The SMILES string of the molecule is CCCS(=O)(=O)Nc1ncccc1C(=O)O. The van der Waals surface area contributed by atoms with E-state index in [1.807, 2.05) is 0 Å². The van der Waals surface area contributed by atoms with Gasteiger partial charge in [-0.15, -0.1) is 0 Å². The van der Waals surface area contributed by atoms with E-state index in [-0.39, 0.29) is 17.1 Å². The Balaban J connectivity index is 3.02. The minimum Gasteiger partial charge on any atom is -0.478 e. The molecule has 0 aliphatic rings. The Morgan fingerprint density at radius 1 is 1.56 bits per heavy atom. The number of hydrogen-bond acceptors (Lipinski definition) is 4. The molecular weight excluding hydrogens is 232 g/mol. The highest BCUT2D eigenvalue weighted by atomic mass is 32.2. The van der Waals surface area contributed by atoms with Gasteiger partial charge in [-0.2, -0.15) is 0 Å². The van der Waals surface area contributed by atoms with Gasteiger partial charge in [0.25, 0.3) is 0 Å². The van der Waals surface area contributed by atoms with E-state index in [2.05, 4.69) is 9.71 Å². The van der Waals surface area contributed by atoms with E-state index in [1.165, 1.54) is 18.3 Å². The van der Waals surface area contributed by atoms with Crippen molar-refractivity contribution in [3.63, 3.8) is 0 Å². The molecule has 1 aromatic heterocycles. The van der Waals surface area contributed by atoms with Gasteiger partial charge in [-0.05, 0) is 18.6 Å². The highest BCUT2D eigenvalue weighted by Gasteiger charge is 2.16. The highest BCUT2D eigenvalue weighted by molar-refractivity contribution is 7.92. The number of nitrogens with one attached hydrogen (secondary N) is 1. The zero-order valence-corrected chi connectivity index (χ0v) is 9.49. The van der Waals surface area contributed by atoms with Crippen molar-refractivity contribution in [1.29, 1.82) is 0 Å². The number of pyridine rings is 1. The van der Waals surface area contributed by atoms with Crippen LogP contribution in [0.4, 0.5) is 5.82 Å². The van der Waals surface area contributed by atoms with Crippen molar-refractivity contribution in [3.05, 3.63) is 23.9 Å². The first-order valence-corrected chi connectivity index (χ1v) is 6.30. The molecule has 0 radical (unpaired) electrons. The largest absolute Gasteiger partial charge is 0.478 e. The Morgan fingerprint density at radius 3 is 2.81 bits per heavy atom. The standard InChI is InChI=1S/C9H12N2O4S/c1-2-6-16(14,15)11-8-7(9(12)13)4-3-5-10-8/h3-5H,2,6H2,1H3,(H,10,11)(H,12,13). The summed E-state index contributed by atoms with van der Waals surface area (Å²) in [5.74, 6) is -1.44. The van der Waals surface area contributed by atoms with E-state index in [9.17, 15) is 13.2 Å². The maximum Gasteiger partial charge on any atom is 0.339 e. The molecule has 1 rings (SSSR count). The number of rotatable bonds is 5. The molecule has 0 saturated heterocycles. The molecule has 0 saturated carbocycles. The maximum atomic E-state index is 11.4. The number of nitrogens with zero attached hydrogens (tertiary/aromatic N) is 1. The molecule has 0 bridgehead atoms. The van der Waals surface area contributed by atoms with Crippen LogP contribution in [0.25, 0.3) is 0 Å². The van der Waals surface area contributed by atoms with Crippen LogP contribution in [0.5, 0.6) is 0 Å². The Morgan fingerprint density at radius 2 is 2.25 bits per heavy atom. The maximum absolute atomic E-state index is 11.4. The van der Waals surface area contributed by atoms with Gasteiger partial charge in [0.2, 0.25) is 10.0 Å². The molecule has 0 fully saturated rings. The lowest BCUT2D eigenvalue weighted by atomic mass is 10.3. The quantitative estimate of drug-likeness (QED) is 0.803. The van der Waals surface area contributed by atoms with Crippen molar-refractivity contribution < 1.29 is 18.3 Å². The van der Waals surface area contributed by atoms with E-state index < -0.39 is 16.0 Å². The molecule has 7 heteroatoms. The molecule has 0 atom stereocenters. The number of carboxylic acid groups (broad SMARTS) is 1. The van der Waals surface area contributed by atoms with Crippen molar-refractivity contribution in [2.24, 2.45) is 0 Å². The van der Waals surface area contributed by atoms with E-state index in [1.54, 1.807) is 6.92 Å². The first-order chi connectivity index (χ1) is 7.46. The molecular formula is C9H12N2O4S. The summed E-state index contributed by atoms with van der Waals surface area (Å²) in [5.41, 5.74) is -0.165. The summed E-state index contributed by atoms with van der Waals surface area (Å²) in [5, 5.41) is 8.82. The number of anilines is 1. The van der Waals surface area contributed by atoms with Crippen LogP contribution in [0, 0.1) is 0 Å². The fourth-order valence-electron chi connectivity index (χ4n) is 1.13. The first-order valence-electron chi connectivity index (χ1n) is 4.65. The molecule has 0 aliphatic carbocycles. The summed E-state index contributed by atoms with van der Waals surface area (Å²) in [4.78, 5) is 14.5. The Labute approximate surface area is 93.4 Å². The third-order valence-electron chi connectivity index (χ3n) is 1.76. The molecule has 0 spiro atoms. The van der Waals surface area contributed by atoms with Gasteiger partial charge in [0.15, 0.2) is 5.82 Å². The predicted octanol–water partition coefficient (Wildman–Crippen LogP) is 0.932. The second-order valence-corrected chi connectivity index (χ2v) is 4.97. The smallest absolute Gasteiger partial charge is 0.339 e. The van der Waals surface area contributed by atoms with Gasteiger partial charge >= 0.3 is 5.97 Å². The van der Waals surface area contributed by atoms with Crippen molar-refractivity contribution in [2.45, 2.75) is 13.3 Å².